The van der Waals surface area contributed by atoms with E-state index in [1.807, 2.05) is 30.3 Å². The van der Waals surface area contributed by atoms with Crippen molar-refractivity contribution in [1.29, 1.82) is 0 Å². The highest BCUT2D eigenvalue weighted by molar-refractivity contribution is 7.98. The highest BCUT2D eigenvalue weighted by Crippen LogP contribution is 2.35. The summed E-state index contributed by atoms with van der Waals surface area (Å²) in [5, 5.41) is 43.2. The van der Waals surface area contributed by atoms with E-state index < -0.39 is 39.1 Å². The highest BCUT2D eigenvalue weighted by Gasteiger charge is 2.25. The number of aromatic nitrogens is 1. The lowest BCUT2D eigenvalue weighted by Gasteiger charge is -2.15. The summed E-state index contributed by atoms with van der Waals surface area (Å²) < 4.78 is 0. The Hall–Kier alpha value is -5.11. The van der Waals surface area contributed by atoms with Crippen molar-refractivity contribution in [3.05, 3.63) is 104 Å². The number of aromatic amines is 1. The number of nitro benzene ring substituents is 2. The summed E-state index contributed by atoms with van der Waals surface area (Å²) in [5.74, 6) is -1.53. The van der Waals surface area contributed by atoms with Crippen molar-refractivity contribution in [2.24, 2.45) is 10.2 Å². The van der Waals surface area contributed by atoms with Crippen LogP contribution in [0.25, 0.3) is 10.9 Å². The number of nitrogens with zero attached hydrogens (tertiary/aromatic N) is 4. The first kappa shape index (κ1) is 26.9. The van der Waals surface area contributed by atoms with Crippen LogP contribution < -0.4 is 5.32 Å². The van der Waals surface area contributed by atoms with Crippen molar-refractivity contribution in [2.45, 2.75) is 11.8 Å². The smallest absolute Gasteiger partial charge is 0.287 e. The van der Waals surface area contributed by atoms with E-state index in [1.54, 1.807) is 24.3 Å². The fourth-order valence-electron chi connectivity index (χ4n) is 3.61. The number of thioether (sulfide) groups is 1. The maximum Gasteiger partial charge on any atom is 0.287 e. The van der Waals surface area contributed by atoms with E-state index in [2.05, 4.69) is 20.5 Å². The molecule has 13 nitrogen and oxygen atoms in total. The number of nitro groups is 2. The number of amides is 2. The molecular formula is C25H20N6O7S. The minimum atomic E-state index is -1.24. The molecule has 4 aromatic rings. The predicted octanol–water partition coefficient (Wildman–Crippen LogP) is 5.03. The minimum Gasteiger partial charge on any atom is -0.493 e. The summed E-state index contributed by atoms with van der Waals surface area (Å²) in [6, 6.07) is 17.5. The van der Waals surface area contributed by atoms with Gasteiger partial charge in [0, 0.05) is 29.0 Å². The van der Waals surface area contributed by atoms with Gasteiger partial charge in [0.05, 0.1) is 27.0 Å². The second-order valence-electron chi connectivity index (χ2n) is 8.19. The fraction of sp³-hybridized carbons (Fsp3) is 0.120. The van der Waals surface area contributed by atoms with Crippen LogP contribution in [0.15, 0.2) is 83.0 Å². The number of H-pyrrole nitrogens is 1. The van der Waals surface area contributed by atoms with Crippen LogP contribution in [0.1, 0.15) is 15.9 Å². The molecule has 0 fully saturated rings. The van der Waals surface area contributed by atoms with Crippen LogP contribution in [0.3, 0.4) is 0 Å². The molecule has 0 aliphatic rings. The van der Waals surface area contributed by atoms with Crippen molar-refractivity contribution in [1.82, 2.24) is 10.3 Å². The van der Waals surface area contributed by atoms with Crippen molar-refractivity contribution >= 4 is 51.5 Å². The third kappa shape index (κ3) is 6.61. The van der Waals surface area contributed by atoms with Gasteiger partial charge in [0.2, 0.25) is 5.88 Å². The molecule has 1 heterocycles. The summed E-state index contributed by atoms with van der Waals surface area (Å²) in [7, 11) is 0. The standard InChI is InChI=1S/C25H20N6O7S/c32-23(16-10-17(30(35)36)12-18(11-16)31(37)38)27-21(14-39-13-15-6-2-1-3-7-15)24(33)29-28-22-19-8-4-5-9-20(19)26-25(22)34/h1-12,21,26,34H,13-14H2,(H,27,32). The predicted molar refractivity (Wildman–Crippen MR) is 143 cm³/mol. The van der Waals surface area contributed by atoms with Gasteiger partial charge in [0.25, 0.3) is 23.2 Å². The van der Waals surface area contributed by atoms with Crippen LogP contribution in [0, 0.1) is 20.2 Å². The molecule has 2 amide bonds. The number of hydrogen-bond donors (Lipinski definition) is 3. The average molecular weight is 549 g/mol. The molecule has 3 N–H and O–H groups in total. The minimum absolute atomic E-state index is 0.0373. The number of benzene rings is 3. The molecule has 0 spiro atoms. The van der Waals surface area contributed by atoms with E-state index in [-0.39, 0.29) is 22.9 Å². The third-order valence-corrected chi connectivity index (χ3v) is 6.60. The molecular weight excluding hydrogens is 528 g/mol. The van der Waals surface area contributed by atoms with Crippen LogP contribution in [0.2, 0.25) is 0 Å². The van der Waals surface area contributed by atoms with Gasteiger partial charge in [-0.05, 0) is 11.6 Å². The molecule has 4 rings (SSSR count). The normalized spacial score (nSPS) is 11.9. The number of non-ortho nitro benzene ring substituents is 2. The third-order valence-electron chi connectivity index (χ3n) is 5.49. The van der Waals surface area contributed by atoms with Gasteiger partial charge in [0.1, 0.15) is 6.04 Å². The topological polar surface area (TPSA) is 193 Å². The highest BCUT2D eigenvalue weighted by atomic mass is 32.2. The second-order valence-corrected chi connectivity index (χ2v) is 9.22. The van der Waals surface area contributed by atoms with Crippen molar-refractivity contribution < 1.29 is 24.5 Å². The number of fused-ring (bicyclic) bond motifs is 1. The molecule has 198 valence electrons. The van der Waals surface area contributed by atoms with E-state index in [1.165, 1.54) is 11.8 Å². The monoisotopic (exact) mass is 548 g/mol. The summed E-state index contributed by atoms with van der Waals surface area (Å²) >= 11 is 1.32. The number of azo groups is 1. The van der Waals surface area contributed by atoms with Gasteiger partial charge >= 0.3 is 0 Å². The van der Waals surface area contributed by atoms with Crippen LogP contribution >= 0.6 is 11.8 Å². The van der Waals surface area contributed by atoms with Gasteiger partial charge in [0.15, 0.2) is 5.69 Å². The lowest BCUT2D eigenvalue weighted by molar-refractivity contribution is -0.394. The van der Waals surface area contributed by atoms with Crippen molar-refractivity contribution in [2.75, 3.05) is 5.75 Å². The number of carbonyl (C=O) groups is 2. The summed E-state index contributed by atoms with van der Waals surface area (Å²) in [5.41, 5.74) is -0.0785. The maximum atomic E-state index is 13.0. The molecule has 3 aromatic carbocycles. The Morgan fingerprint density at radius 3 is 2.28 bits per heavy atom. The molecule has 39 heavy (non-hydrogen) atoms. The van der Waals surface area contributed by atoms with Gasteiger partial charge < -0.3 is 15.4 Å². The Labute approximate surface area is 224 Å². The first-order chi connectivity index (χ1) is 18.7. The van der Waals surface area contributed by atoms with E-state index in [9.17, 15) is 34.9 Å². The fourth-order valence-corrected chi connectivity index (χ4v) is 4.61. The Balaban J connectivity index is 1.58. The Morgan fingerprint density at radius 1 is 0.974 bits per heavy atom. The molecule has 0 saturated heterocycles. The first-order valence-corrected chi connectivity index (χ1v) is 12.5. The van der Waals surface area contributed by atoms with Gasteiger partial charge in [-0.1, -0.05) is 48.5 Å². The van der Waals surface area contributed by atoms with E-state index in [0.717, 1.165) is 23.8 Å². The van der Waals surface area contributed by atoms with Crippen molar-refractivity contribution in [3.8, 4) is 5.88 Å². The SMILES string of the molecule is O=C(NC(CSCc1ccccc1)C(=O)N=Nc1c(O)[nH]c2ccccc12)c1cc([N+](=O)[O-])cc([N+](=O)[O-])c1. The van der Waals surface area contributed by atoms with Crippen molar-refractivity contribution in [3.63, 3.8) is 0 Å². The van der Waals surface area contributed by atoms with E-state index in [0.29, 0.717) is 16.7 Å². The van der Waals surface area contributed by atoms with Gasteiger partial charge in [-0.2, -0.15) is 11.8 Å². The number of para-hydroxylation sites is 1. The van der Waals surface area contributed by atoms with Gasteiger partial charge in [-0.25, -0.2) is 0 Å². The summed E-state index contributed by atoms with van der Waals surface area (Å²) in [4.78, 5) is 49.5. The Kier molecular flexibility index (Phi) is 8.26. The van der Waals surface area contributed by atoms with Crippen LogP contribution in [0.5, 0.6) is 5.88 Å². The molecule has 14 heteroatoms. The molecule has 0 aliphatic carbocycles. The maximum absolute atomic E-state index is 13.0. The van der Waals surface area contributed by atoms with Crippen LogP contribution in [0.4, 0.5) is 17.1 Å². The van der Waals surface area contributed by atoms with Gasteiger partial charge in [-0.3, -0.25) is 29.8 Å². The lowest BCUT2D eigenvalue weighted by Crippen LogP contribution is -2.42. The Morgan fingerprint density at radius 2 is 1.62 bits per heavy atom. The second kappa shape index (κ2) is 12.0. The summed E-state index contributed by atoms with van der Waals surface area (Å²) in [6.07, 6.45) is 0. The number of carbonyl (C=O) groups excluding carboxylic acids is 2. The molecule has 0 aliphatic heterocycles. The van der Waals surface area contributed by atoms with Gasteiger partial charge in [-0.15, -0.1) is 10.2 Å². The number of aromatic hydroxyl groups is 1. The van der Waals surface area contributed by atoms with E-state index in [4.69, 9.17) is 0 Å². The quantitative estimate of drug-likeness (QED) is 0.139. The van der Waals surface area contributed by atoms with E-state index >= 15 is 0 Å². The molecule has 0 radical (unpaired) electrons. The molecule has 1 atom stereocenters. The number of hydrogen-bond acceptors (Lipinski definition) is 9. The zero-order chi connectivity index (χ0) is 27.9. The molecule has 0 bridgehead atoms. The number of nitrogens with one attached hydrogen (secondary N) is 2. The van der Waals surface area contributed by atoms with Crippen LogP contribution in [-0.2, 0) is 10.5 Å². The summed E-state index contributed by atoms with van der Waals surface area (Å²) in [6.45, 7) is 0. The molecule has 0 saturated carbocycles. The molecule has 1 aromatic heterocycles. The zero-order valence-corrected chi connectivity index (χ0v) is 20.8. The first-order valence-electron chi connectivity index (χ1n) is 11.3. The Bertz CT molecular complexity index is 1560. The zero-order valence-electron chi connectivity index (χ0n) is 20.0. The number of rotatable bonds is 10. The largest absolute Gasteiger partial charge is 0.493 e. The molecule has 1 unspecified atom stereocenters. The van der Waals surface area contributed by atoms with Crippen LogP contribution in [-0.4, -0.2) is 43.5 Å². The average Bonchev–Trinajstić information content (AvgIpc) is 3.25. The lowest BCUT2D eigenvalue weighted by atomic mass is 10.1.